The molecule has 1 amide bonds. The number of hydrogen-bond donors (Lipinski definition) is 2. The molecule has 1 aliphatic carbocycles. The number of aryl methyl sites for hydroxylation is 1. The van der Waals surface area contributed by atoms with Gasteiger partial charge in [0.2, 0.25) is 5.91 Å². The number of nitrogen functional groups attached to an aromatic ring is 1. The van der Waals surface area contributed by atoms with Crippen LogP contribution in [0.1, 0.15) is 25.8 Å². The van der Waals surface area contributed by atoms with Crippen LogP contribution in [0.2, 0.25) is 0 Å². The Hall–Kier alpha value is -1.51. The SMILES string of the molecule is Cc1ccc(NC(=O)C2CC2(C)C)cc1N. The molecule has 0 aliphatic heterocycles. The van der Waals surface area contributed by atoms with Crippen LogP contribution < -0.4 is 11.1 Å². The van der Waals surface area contributed by atoms with Gasteiger partial charge in [0.15, 0.2) is 0 Å². The van der Waals surface area contributed by atoms with Crippen LogP contribution in [0.15, 0.2) is 18.2 Å². The molecule has 16 heavy (non-hydrogen) atoms. The number of benzene rings is 1. The largest absolute Gasteiger partial charge is 0.398 e. The van der Waals surface area contributed by atoms with Gasteiger partial charge in [0, 0.05) is 17.3 Å². The highest BCUT2D eigenvalue weighted by atomic mass is 16.2. The van der Waals surface area contributed by atoms with E-state index in [1.807, 2.05) is 25.1 Å². The lowest BCUT2D eigenvalue weighted by molar-refractivity contribution is -0.117. The predicted molar refractivity (Wildman–Crippen MR) is 66.1 cm³/mol. The Balaban J connectivity index is 2.05. The van der Waals surface area contributed by atoms with Crippen molar-refractivity contribution in [3.63, 3.8) is 0 Å². The fourth-order valence-electron chi connectivity index (χ4n) is 1.86. The van der Waals surface area contributed by atoms with Gasteiger partial charge in [0.05, 0.1) is 0 Å². The lowest BCUT2D eigenvalue weighted by Crippen LogP contribution is -2.16. The van der Waals surface area contributed by atoms with Crippen LogP contribution >= 0.6 is 0 Å². The van der Waals surface area contributed by atoms with Gasteiger partial charge in [0.25, 0.3) is 0 Å². The van der Waals surface area contributed by atoms with Crippen LogP contribution in [-0.4, -0.2) is 5.91 Å². The Labute approximate surface area is 96.0 Å². The maximum Gasteiger partial charge on any atom is 0.228 e. The van der Waals surface area contributed by atoms with E-state index in [-0.39, 0.29) is 17.2 Å². The second kappa shape index (κ2) is 3.51. The predicted octanol–water partition coefficient (Wildman–Crippen LogP) is 2.56. The zero-order chi connectivity index (χ0) is 11.9. The molecule has 0 heterocycles. The molecule has 3 heteroatoms. The number of carbonyl (C=O) groups is 1. The van der Waals surface area contributed by atoms with E-state index in [0.717, 1.165) is 17.7 Å². The van der Waals surface area contributed by atoms with Crippen molar-refractivity contribution in [2.45, 2.75) is 27.2 Å². The summed E-state index contributed by atoms with van der Waals surface area (Å²) in [6.07, 6.45) is 0.972. The van der Waals surface area contributed by atoms with Crippen molar-refractivity contribution < 1.29 is 4.79 Å². The highest BCUT2D eigenvalue weighted by molar-refractivity contribution is 5.95. The van der Waals surface area contributed by atoms with E-state index in [2.05, 4.69) is 19.2 Å². The van der Waals surface area contributed by atoms with E-state index in [1.165, 1.54) is 0 Å². The molecule has 1 saturated carbocycles. The molecule has 0 aromatic heterocycles. The molecule has 3 N–H and O–H groups in total. The van der Waals surface area contributed by atoms with Crippen LogP contribution in [0.4, 0.5) is 11.4 Å². The van der Waals surface area contributed by atoms with Gasteiger partial charge in [0.1, 0.15) is 0 Å². The van der Waals surface area contributed by atoms with Crippen molar-refractivity contribution in [3.8, 4) is 0 Å². The maximum atomic E-state index is 11.8. The third kappa shape index (κ3) is 2.03. The summed E-state index contributed by atoms with van der Waals surface area (Å²) >= 11 is 0. The molecular weight excluding hydrogens is 200 g/mol. The molecule has 1 atom stereocenters. The van der Waals surface area contributed by atoms with Gasteiger partial charge in [-0.1, -0.05) is 19.9 Å². The standard InChI is InChI=1S/C13H18N2O/c1-8-4-5-9(6-11(8)14)15-12(16)10-7-13(10,2)3/h4-6,10H,7,14H2,1-3H3,(H,15,16). The summed E-state index contributed by atoms with van der Waals surface area (Å²) in [4.78, 5) is 11.8. The van der Waals surface area contributed by atoms with E-state index in [9.17, 15) is 4.79 Å². The third-order valence-corrected chi connectivity index (χ3v) is 3.38. The van der Waals surface area contributed by atoms with Gasteiger partial charge >= 0.3 is 0 Å². The zero-order valence-electron chi connectivity index (χ0n) is 10.0. The van der Waals surface area contributed by atoms with Crippen LogP contribution in [0.5, 0.6) is 0 Å². The Morgan fingerprint density at radius 2 is 2.12 bits per heavy atom. The normalized spacial score (nSPS) is 21.6. The van der Waals surface area contributed by atoms with Crippen LogP contribution in [-0.2, 0) is 4.79 Å². The van der Waals surface area contributed by atoms with Crippen molar-refractivity contribution in [2.75, 3.05) is 11.1 Å². The van der Waals surface area contributed by atoms with Gasteiger partial charge in [-0.25, -0.2) is 0 Å². The smallest absolute Gasteiger partial charge is 0.228 e. The topological polar surface area (TPSA) is 55.1 Å². The first-order valence-corrected chi connectivity index (χ1v) is 5.57. The van der Waals surface area contributed by atoms with Gasteiger partial charge in [-0.15, -0.1) is 0 Å². The number of anilines is 2. The van der Waals surface area contributed by atoms with Gasteiger partial charge < -0.3 is 11.1 Å². The highest BCUT2D eigenvalue weighted by Gasteiger charge is 2.50. The van der Waals surface area contributed by atoms with Crippen LogP contribution in [0.25, 0.3) is 0 Å². The van der Waals surface area contributed by atoms with Gasteiger partial charge in [-0.2, -0.15) is 0 Å². The molecule has 3 nitrogen and oxygen atoms in total. The fraction of sp³-hybridized carbons (Fsp3) is 0.462. The Morgan fingerprint density at radius 1 is 1.50 bits per heavy atom. The van der Waals surface area contributed by atoms with E-state index < -0.39 is 0 Å². The molecule has 86 valence electrons. The minimum atomic E-state index is 0.105. The Bertz CT molecular complexity index is 438. The first kappa shape index (κ1) is 11.0. The first-order valence-electron chi connectivity index (χ1n) is 5.57. The molecular formula is C13H18N2O. The number of nitrogens with one attached hydrogen (secondary N) is 1. The molecule has 1 fully saturated rings. The Morgan fingerprint density at radius 3 is 2.62 bits per heavy atom. The van der Waals surface area contributed by atoms with E-state index in [0.29, 0.717) is 5.69 Å². The number of amides is 1. The van der Waals surface area contributed by atoms with Gasteiger partial charge in [-0.3, -0.25) is 4.79 Å². The van der Waals surface area contributed by atoms with E-state index >= 15 is 0 Å². The summed E-state index contributed by atoms with van der Waals surface area (Å²) in [6.45, 7) is 6.17. The van der Waals surface area contributed by atoms with Crippen molar-refractivity contribution >= 4 is 17.3 Å². The molecule has 0 saturated heterocycles. The number of hydrogen-bond acceptors (Lipinski definition) is 2. The lowest BCUT2D eigenvalue weighted by atomic mass is 10.1. The summed E-state index contributed by atoms with van der Waals surface area (Å²) < 4.78 is 0. The minimum absolute atomic E-state index is 0.105. The van der Waals surface area contributed by atoms with Gasteiger partial charge in [-0.05, 0) is 36.5 Å². The lowest BCUT2D eigenvalue weighted by Gasteiger charge is -2.08. The second-order valence-electron chi connectivity index (χ2n) is 5.31. The van der Waals surface area contributed by atoms with Crippen molar-refractivity contribution in [3.05, 3.63) is 23.8 Å². The van der Waals surface area contributed by atoms with E-state index in [4.69, 9.17) is 5.73 Å². The van der Waals surface area contributed by atoms with Crippen LogP contribution in [0.3, 0.4) is 0 Å². The molecule has 1 unspecified atom stereocenters. The molecule has 0 bridgehead atoms. The molecule has 1 aromatic rings. The number of rotatable bonds is 2. The van der Waals surface area contributed by atoms with Crippen molar-refractivity contribution in [1.82, 2.24) is 0 Å². The second-order valence-corrected chi connectivity index (χ2v) is 5.31. The summed E-state index contributed by atoms with van der Waals surface area (Å²) in [5.74, 6) is 0.253. The van der Waals surface area contributed by atoms with E-state index in [1.54, 1.807) is 0 Å². The summed E-state index contributed by atoms with van der Waals surface area (Å²) in [5, 5.41) is 2.91. The third-order valence-electron chi connectivity index (χ3n) is 3.38. The quantitative estimate of drug-likeness (QED) is 0.749. The minimum Gasteiger partial charge on any atom is -0.398 e. The molecule has 1 aliphatic rings. The zero-order valence-corrected chi connectivity index (χ0v) is 10.0. The average Bonchev–Trinajstić information content (AvgIpc) is 2.82. The first-order chi connectivity index (χ1) is 7.40. The summed E-state index contributed by atoms with van der Waals surface area (Å²) in [7, 11) is 0. The Kier molecular flexibility index (Phi) is 2.41. The highest BCUT2D eigenvalue weighted by Crippen LogP contribution is 2.51. The fourth-order valence-corrected chi connectivity index (χ4v) is 1.86. The maximum absolute atomic E-state index is 11.8. The molecule has 2 rings (SSSR count). The summed E-state index contributed by atoms with van der Waals surface area (Å²) in [5.41, 5.74) is 8.49. The van der Waals surface area contributed by atoms with Crippen LogP contribution in [0, 0.1) is 18.3 Å². The van der Waals surface area contributed by atoms with Crippen molar-refractivity contribution in [1.29, 1.82) is 0 Å². The molecule has 1 aromatic carbocycles. The van der Waals surface area contributed by atoms with Crippen molar-refractivity contribution in [2.24, 2.45) is 11.3 Å². The number of nitrogens with two attached hydrogens (primary N) is 1. The molecule has 0 radical (unpaired) electrons. The summed E-state index contributed by atoms with van der Waals surface area (Å²) in [6, 6.07) is 5.62. The molecule has 0 spiro atoms. The monoisotopic (exact) mass is 218 g/mol. The average molecular weight is 218 g/mol. The number of carbonyl (C=O) groups excluding carboxylic acids is 1.